The Morgan fingerprint density at radius 1 is 1.12 bits per heavy atom. The van der Waals surface area contributed by atoms with E-state index in [9.17, 15) is 18.3 Å². The molecule has 10 heteroatoms. The number of hydrogen-bond acceptors (Lipinski definition) is 6. The first-order valence-corrected chi connectivity index (χ1v) is 10.6. The zero-order chi connectivity index (χ0) is 23.1. The van der Waals surface area contributed by atoms with Gasteiger partial charge in [-0.15, -0.1) is 0 Å². The zero-order valence-corrected chi connectivity index (χ0v) is 17.8. The minimum absolute atomic E-state index is 0.112. The van der Waals surface area contributed by atoms with Crippen LogP contribution in [0.5, 0.6) is 5.75 Å². The van der Waals surface area contributed by atoms with Gasteiger partial charge in [0.15, 0.2) is 23.6 Å². The lowest BCUT2D eigenvalue weighted by molar-refractivity contribution is 0.0178. The van der Waals surface area contributed by atoms with Gasteiger partial charge in [0.25, 0.3) is 0 Å². The molecule has 1 aromatic heterocycles. The second kappa shape index (κ2) is 8.34. The van der Waals surface area contributed by atoms with E-state index in [2.05, 4.69) is 15.5 Å². The topological polar surface area (TPSA) is 74.9 Å². The molecule has 172 valence electrons. The Labute approximate surface area is 188 Å². The predicted molar refractivity (Wildman–Crippen MR) is 114 cm³/mol. The van der Waals surface area contributed by atoms with Crippen LogP contribution in [0.2, 0.25) is 0 Å². The van der Waals surface area contributed by atoms with Crippen molar-refractivity contribution >= 4 is 5.96 Å². The van der Waals surface area contributed by atoms with E-state index in [1.54, 1.807) is 17.0 Å². The maximum Gasteiger partial charge on any atom is 0.236 e. The van der Waals surface area contributed by atoms with E-state index in [0.717, 1.165) is 36.2 Å². The van der Waals surface area contributed by atoms with Gasteiger partial charge in [-0.05, 0) is 54.8 Å². The minimum atomic E-state index is -1.50. The normalized spacial score (nSPS) is 20.4. The second-order valence-electron chi connectivity index (χ2n) is 8.26. The van der Waals surface area contributed by atoms with Crippen LogP contribution in [0.25, 0.3) is 5.69 Å². The number of aromatic nitrogens is 2. The summed E-state index contributed by atoms with van der Waals surface area (Å²) in [6.45, 7) is 2.85. The fourth-order valence-electron chi connectivity index (χ4n) is 4.23. The van der Waals surface area contributed by atoms with Gasteiger partial charge in [0.1, 0.15) is 5.75 Å². The van der Waals surface area contributed by atoms with Crippen molar-refractivity contribution in [2.45, 2.75) is 31.9 Å². The number of fused-ring (bicyclic) bond motifs is 1. The molecule has 0 radical (unpaired) electrons. The second-order valence-corrected chi connectivity index (χ2v) is 8.26. The molecule has 2 aliphatic rings. The van der Waals surface area contributed by atoms with Gasteiger partial charge >= 0.3 is 0 Å². The number of guanidine groups is 1. The number of aryl methyl sites for hydroxylation is 1. The zero-order valence-electron chi connectivity index (χ0n) is 17.8. The summed E-state index contributed by atoms with van der Waals surface area (Å²) < 4.78 is 42.3. The lowest BCUT2D eigenvalue weighted by atomic mass is 10.0. The summed E-state index contributed by atoms with van der Waals surface area (Å²) in [5, 5.41) is 18.1. The van der Waals surface area contributed by atoms with Gasteiger partial charge < -0.3 is 24.7 Å². The van der Waals surface area contributed by atoms with Crippen LogP contribution in [0.15, 0.2) is 48.0 Å². The van der Waals surface area contributed by atoms with Crippen molar-refractivity contribution in [3.63, 3.8) is 0 Å². The van der Waals surface area contributed by atoms with Gasteiger partial charge in [0.05, 0.1) is 30.3 Å². The highest BCUT2D eigenvalue weighted by atomic mass is 19.2. The molecule has 2 aromatic carbocycles. The van der Waals surface area contributed by atoms with Gasteiger partial charge in [-0.25, -0.2) is 18.2 Å². The first-order chi connectivity index (χ1) is 15.9. The molecule has 1 saturated heterocycles. The Morgan fingerprint density at radius 2 is 1.91 bits per heavy atom. The number of nitrogens with zero attached hydrogens (tertiary/aromatic N) is 4. The van der Waals surface area contributed by atoms with Gasteiger partial charge in [-0.3, -0.25) is 0 Å². The van der Waals surface area contributed by atoms with Crippen molar-refractivity contribution in [3.8, 4) is 11.4 Å². The smallest absolute Gasteiger partial charge is 0.236 e. The van der Waals surface area contributed by atoms with E-state index in [0.29, 0.717) is 24.7 Å². The van der Waals surface area contributed by atoms with E-state index in [1.807, 2.05) is 30.2 Å². The van der Waals surface area contributed by atoms with Crippen LogP contribution in [-0.2, 0) is 4.84 Å². The van der Waals surface area contributed by atoms with Gasteiger partial charge in [0, 0.05) is 18.3 Å². The third-order valence-corrected chi connectivity index (χ3v) is 5.95. The lowest BCUT2D eigenvalue weighted by Crippen LogP contribution is -2.45. The summed E-state index contributed by atoms with van der Waals surface area (Å²) in [6, 6.07) is 7.25. The number of nitrogens with one attached hydrogen (secondary N) is 1. The van der Waals surface area contributed by atoms with Gasteiger partial charge in [0.2, 0.25) is 5.96 Å². The average molecular weight is 457 g/mol. The molecule has 1 fully saturated rings. The van der Waals surface area contributed by atoms with Crippen LogP contribution in [-0.4, -0.2) is 38.6 Å². The van der Waals surface area contributed by atoms with Crippen molar-refractivity contribution in [1.29, 1.82) is 0 Å². The predicted octanol–water partition coefficient (Wildman–Crippen LogP) is 4.07. The number of phenolic OH excluding ortho intramolecular Hbond substituents is 1. The van der Waals surface area contributed by atoms with Crippen molar-refractivity contribution in [2.75, 3.05) is 13.1 Å². The number of aromatic hydroxyl groups is 1. The third kappa shape index (κ3) is 4.08. The number of benzene rings is 2. The number of rotatable bonds is 3. The number of imidazole rings is 1. The molecule has 3 heterocycles. The summed E-state index contributed by atoms with van der Waals surface area (Å²) in [5.41, 5.74) is 2.56. The molecule has 0 spiro atoms. The van der Waals surface area contributed by atoms with Crippen molar-refractivity contribution in [3.05, 3.63) is 77.1 Å². The van der Waals surface area contributed by atoms with Crippen molar-refractivity contribution < 1.29 is 23.1 Å². The summed E-state index contributed by atoms with van der Waals surface area (Å²) in [5.74, 6) is -3.38. The Hall–Kier alpha value is -3.69. The molecule has 2 unspecified atom stereocenters. The lowest BCUT2D eigenvalue weighted by Gasteiger charge is -2.32. The molecular weight excluding hydrogens is 435 g/mol. The standard InChI is InChI=1S/C23H22F3N5O2/c1-13-10-31(12-27-13)19-5-4-14(9-20(19)32)18-3-2-6-30-11-21(33-29-23(30)28-18)15-7-16(24)22(26)17(25)8-15/h4-5,7-10,12,18,21,32H,2-3,6,11H2,1H3,(H,28,29). The van der Waals surface area contributed by atoms with E-state index >= 15 is 0 Å². The van der Waals surface area contributed by atoms with Crippen LogP contribution < -0.4 is 5.32 Å². The van der Waals surface area contributed by atoms with Gasteiger partial charge in [-0.2, -0.15) is 0 Å². The number of hydrogen-bond donors (Lipinski definition) is 2. The largest absolute Gasteiger partial charge is 0.506 e. The molecule has 0 bridgehead atoms. The summed E-state index contributed by atoms with van der Waals surface area (Å²) in [4.78, 5) is 11.6. The SMILES string of the molecule is Cc1cn(-c2ccc(C3CCCN4CC(c5cc(F)c(F)c(F)c5)ON=C4N3)cc2O)cn1. The Morgan fingerprint density at radius 3 is 2.61 bits per heavy atom. The number of oxime groups is 1. The molecule has 0 saturated carbocycles. The Balaban J connectivity index is 1.35. The highest BCUT2D eigenvalue weighted by Gasteiger charge is 2.31. The summed E-state index contributed by atoms with van der Waals surface area (Å²) in [7, 11) is 0. The maximum absolute atomic E-state index is 13.6. The minimum Gasteiger partial charge on any atom is -0.506 e. The number of halogens is 3. The molecule has 0 aliphatic carbocycles. The fraction of sp³-hybridized carbons (Fsp3) is 0.304. The van der Waals surface area contributed by atoms with E-state index in [1.165, 1.54) is 0 Å². The van der Waals surface area contributed by atoms with Crippen molar-refractivity contribution in [1.82, 2.24) is 19.8 Å². The molecule has 5 rings (SSSR count). The number of phenols is 1. The Bertz CT molecular complexity index is 1210. The van der Waals surface area contributed by atoms with Gasteiger partial charge in [-0.1, -0.05) is 6.07 Å². The molecule has 7 nitrogen and oxygen atoms in total. The molecule has 2 aliphatic heterocycles. The fourth-order valence-corrected chi connectivity index (χ4v) is 4.23. The highest BCUT2D eigenvalue weighted by Crippen LogP contribution is 2.32. The summed E-state index contributed by atoms with van der Waals surface area (Å²) in [6.07, 6.45) is 4.36. The first kappa shape index (κ1) is 21.2. The van der Waals surface area contributed by atoms with E-state index in [4.69, 9.17) is 4.84 Å². The van der Waals surface area contributed by atoms with E-state index < -0.39 is 23.6 Å². The Kier molecular flexibility index (Phi) is 5.35. The van der Waals surface area contributed by atoms with Crippen LogP contribution in [0.1, 0.15) is 41.8 Å². The molecule has 0 amide bonds. The molecule has 2 atom stereocenters. The maximum atomic E-state index is 13.6. The van der Waals surface area contributed by atoms with Crippen LogP contribution in [0.3, 0.4) is 0 Å². The average Bonchev–Trinajstić information content (AvgIpc) is 3.11. The third-order valence-electron chi connectivity index (χ3n) is 5.95. The highest BCUT2D eigenvalue weighted by molar-refractivity contribution is 5.80. The van der Waals surface area contributed by atoms with Crippen LogP contribution in [0, 0.1) is 24.4 Å². The monoisotopic (exact) mass is 457 g/mol. The first-order valence-electron chi connectivity index (χ1n) is 10.6. The summed E-state index contributed by atoms with van der Waals surface area (Å²) >= 11 is 0. The molecular formula is C23H22F3N5O2. The van der Waals surface area contributed by atoms with Crippen molar-refractivity contribution in [2.24, 2.45) is 5.16 Å². The van der Waals surface area contributed by atoms with Crippen LogP contribution >= 0.6 is 0 Å². The van der Waals surface area contributed by atoms with Crippen LogP contribution in [0.4, 0.5) is 13.2 Å². The van der Waals surface area contributed by atoms with E-state index in [-0.39, 0.29) is 17.4 Å². The molecule has 33 heavy (non-hydrogen) atoms. The quantitative estimate of drug-likeness (QED) is 0.580. The molecule has 3 aromatic rings. The molecule has 2 N–H and O–H groups in total.